The minimum Gasteiger partial charge on any atom is -0.379 e. The molecule has 1 saturated heterocycles. The number of hydrogen-bond donors (Lipinski definition) is 2. The van der Waals surface area contributed by atoms with Crippen molar-refractivity contribution in [2.24, 2.45) is 0 Å². The van der Waals surface area contributed by atoms with Crippen LogP contribution in [-0.2, 0) is 21.2 Å². The van der Waals surface area contributed by atoms with Crippen LogP contribution in [0.25, 0.3) is 0 Å². The Labute approximate surface area is 117 Å². The molecular weight excluding hydrogens is 280 g/mol. The number of sulfone groups is 1. The summed E-state index contributed by atoms with van der Waals surface area (Å²) in [6.45, 7) is 0.196. The molecule has 110 valence electrons. The van der Waals surface area contributed by atoms with Crippen molar-refractivity contribution in [1.29, 1.82) is 0 Å². The first-order valence-electron chi connectivity index (χ1n) is 6.79. The molecule has 0 bridgehead atoms. The van der Waals surface area contributed by atoms with Crippen LogP contribution < -0.4 is 10.6 Å². The van der Waals surface area contributed by atoms with E-state index in [-0.39, 0.29) is 30.0 Å². The molecule has 20 heavy (non-hydrogen) atoms. The molecule has 1 unspecified atom stereocenters. The van der Waals surface area contributed by atoms with Crippen LogP contribution in [0.2, 0.25) is 0 Å². The number of anilines is 1. The minimum absolute atomic E-state index is 0.0365. The number of rotatable bonds is 5. The third kappa shape index (κ3) is 3.50. The first kappa shape index (κ1) is 13.4. The summed E-state index contributed by atoms with van der Waals surface area (Å²) in [4.78, 5) is 11.6. The van der Waals surface area contributed by atoms with Gasteiger partial charge in [0.05, 0.1) is 23.4 Å². The molecular formula is C12H18N4O3S. The van der Waals surface area contributed by atoms with Gasteiger partial charge in [0.25, 0.3) is 0 Å². The molecule has 1 saturated carbocycles. The average Bonchev–Trinajstić information content (AvgIpc) is 2.95. The largest absolute Gasteiger partial charge is 0.379 e. The smallest absolute Gasteiger partial charge is 0.241 e. The zero-order valence-electron chi connectivity index (χ0n) is 11.1. The highest BCUT2D eigenvalue weighted by atomic mass is 32.2. The lowest BCUT2D eigenvalue weighted by molar-refractivity contribution is -0.122. The third-order valence-electron chi connectivity index (χ3n) is 3.48. The quantitative estimate of drug-likeness (QED) is 0.782. The maximum atomic E-state index is 11.6. The fraction of sp³-hybridized carbons (Fsp3) is 0.667. The standard InChI is InChI=1S/C12H18N4O3S/c17-12(15-9-1-2-9)7-16-6-11(5-13-16)14-10-3-4-20(18,19)8-10/h5-6,9-10,14H,1-4,7-8H2,(H,15,17). The normalized spacial score (nSPS) is 24.5. The highest BCUT2D eigenvalue weighted by molar-refractivity contribution is 7.91. The molecule has 7 nitrogen and oxygen atoms in total. The molecule has 0 aromatic carbocycles. The van der Waals surface area contributed by atoms with Crippen molar-refractivity contribution in [3.8, 4) is 0 Å². The van der Waals surface area contributed by atoms with Crippen LogP contribution in [0.5, 0.6) is 0 Å². The molecule has 2 aliphatic rings. The molecule has 3 rings (SSSR count). The Kier molecular flexibility index (Phi) is 3.41. The number of carbonyl (C=O) groups excluding carboxylic acids is 1. The van der Waals surface area contributed by atoms with Gasteiger partial charge in [-0.2, -0.15) is 5.10 Å². The van der Waals surface area contributed by atoms with Gasteiger partial charge in [0.1, 0.15) is 6.54 Å². The van der Waals surface area contributed by atoms with E-state index in [9.17, 15) is 13.2 Å². The highest BCUT2D eigenvalue weighted by Gasteiger charge is 2.28. The predicted octanol–water partition coefficient (Wildman–Crippen LogP) is -0.239. The zero-order chi connectivity index (χ0) is 14.2. The van der Waals surface area contributed by atoms with Crippen LogP contribution in [0, 0.1) is 0 Å². The first-order chi connectivity index (χ1) is 9.50. The number of aromatic nitrogens is 2. The lowest BCUT2D eigenvalue weighted by atomic mass is 10.2. The average molecular weight is 298 g/mol. The van der Waals surface area contributed by atoms with Crippen LogP contribution in [0.3, 0.4) is 0 Å². The molecule has 0 spiro atoms. The van der Waals surface area contributed by atoms with Crippen LogP contribution in [0.1, 0.15) is 19.3 Å². The van der Waals surface area contributed by atoms with Gasteiger partial charge in [-0.1, -0.05) is 0 Å². The minimum atomic E-state index is -2.89. The maximum Gasteiger partial charge on any atom is 0.241 e. The van der Waals surface area contributed by atoms with Crippen molar-refractivity contribution < 1.29 is 13.2 Å². The van der Waals surface area contributed by atoms with E-state index in [0.717, 1.165) is 18.5 Å². The zero-order valence-corrected chi connectivity index (χ0v) is 11.9. The van der Waals surface area contributed by atoms with E-state index in [2.05, 4.69) is 15.7 Å². The Morgan fingerprint density at radius 2 is 2.15 bits per heavy atom. The number of nitrogens with zero attached hydrogens (tertiary/aromatic N) is 2. The van der Waals surface area contributed by atoms with E-state index in [1.807, 2.05) is 0 Å². The van der Waals surface area contributed by atoms with Crippen LogP contribution >= 0.6 is 0 Å². The molecule has 1 aliphatic carbocycles. The summed E-state index contributed by atoms with van der Waals surface area (Å²) in [7, 11) is -2.89. The summed E-state index contributed by atoms with van der Waals surface area (Å²) < 4.78 is 24.3. The van der Waals surface area contributed by atoms with E-state index in [1.165, 1.54) is 0 Å². The van der Waals surface area contributed by atoms with Crippen LogP contribution in [0.15, 0.2) is 12.4 Å². The number of hydrogen-bond acceptors (Lipinski definition) is 5. The van der Waals surface area contributed by atoms with Crippen molar-refractivity contribution in [3.05, 3.63) is 12.4 Å². The molecule has 1 aromatic rings. The number of carbonyl (C=O) groups is 1. The second-order valence-electron chi connectivity index (χ2n) is 5.51. The fourth-order valence-electron chi connectivity index (χ4n) is 2.32. The summed E-state index contributed by atoms with van der Waals surface area (Å²) in [6.07, 6.45) is 6.10. The van der Waals surface area contributed by atoms with Crippen LogP contribution in [-0.4, -0.2) is 47.7 Å². The second kappa shape index (κ2) is 5.08. The lowest BCUT2D eigenvalue weighted by Crippen LogP contribution is -2.29. The lowest BCUT2D eigenvalue weighted by Gasteiger charge is -2.09. The maximum absolute atomic E-state index is 11.6. The van der Waals surface area contributed by atoms with Gasteiger partial charge >= 0.3 is 0 Å². The van der Waals surface area contributed by atoms with Gasteiger partial charge in [0.2, 0.25) is 5.91 Å². The Morgan fingerprint density at radius 3 is 2.80 bits per heavy atom. The molecule has 1 aliphatic heterocycles. The van der Waals surface area contributed by atoms with E-state index < -0.39 is 9.84 Å². The van der Waals surface area contributed by atoms with Crippen molar-refractivity contribution in [1.82, 2.24) is 15.1 Å². The van der Waals surface area contributed by atoms with Crippen molar-refractivity contribution in [3.63, 3.8) is 0 Å². The first-order valence-corrected chi connectivity index (χ1v) is 8.61. The Bertz CT molecular complexity index is 606. The van der Waals surface area contributed by atoms with E-state index in [4.69, 9.17) is 0 Å². The Balaban J connectivity index is 1.52. The second-order valence-corrected chi connectivity index (χ2v) is 7.74. The highest BCUT2D eigenvalue weighted by Crippen LogP contribution is 2.19. The Morgan fingerprint density at radius 1 is 1.35 bits per heavy atom. The van der Waals surface area contributed by atoms with E-state index in [1.54, 1.807) is 17.1 Å². The van der Waals surface area contributed by atoms with Gasteiger partial charge in [-0.25, -0.2) is 8.42 Å². The predicted molar refractivity (Wildman–Crippen MR) is 74.1 cm³/mol. The monoisotopic (exact) mass is 298 g/mol. The van der Waals surface area contributed by atoms with Crippen molar-refractivity contribution in [2.45, 2.75) is 37.9 Å². The van der Waals surface area contributed by atoms with E-state index in [0.29, 0.717) is 12.5 Å². The topological polar surface area (TPSA) is 93.1 Å². The van der Waals surface area contributed by atoms with Crippen LogP contribution in [0.4, 0.5) is 5.69 Å². The number of amides is 1. The molecule has 1 aromatic heterocycles. The van der Waals surface area contributed by atoms with E-state index >= 15 is 0 Å². The molecule has 2 heterocycles. The Hall–Kier alpha value is -1.57. The van der Waals surface area contributed by atoms with Gasteiger partial charge in [0, 0.05) is 18.3 Å². The molecule has 2 N–H and O–H groups in total. The molecule has 1 atom stereocenters. The van der Waals surface area contributed by atoms with Crippen molar-refractivity contribution in [2.75, 3.05) is 16.8 Å². The summed E-state index contributed by atoms with van der Waals surface area (Å²) in [5.41, 5.74) is 0.756. The van der Waals surface area contributed by atoms with Crippen molar-refractivity contribution >= 4 is 21.4 Å². The SMILES string of the molecule is O=C(Cn1cc(NC2CCS(=O)(=O)C2)cn1)NC1CC1. The molecule has 2 fully saturated rings. The fourth-order valence-corrected chi connectivity index (χ4v) is 3.99. The molecule has 0 radical (unpaired) electrons. The van der Waals surface area contributed by atoms with Gasteiger partial charge in [-0.3, -0.25) is 9.48 Å². The van der Waals surface area contributed by atoms with Gasteiger partial charge < -0.3 is 10.6 Å². The summed E-state index contributed by atoms with van der Waals surface area (Å²) in [5.74, 6) is 0.369. The summed E-state index contributed by atoms with van der Waals surface area (Å²) >= 11 is 0. The van der Waals surface area contributed by atoms with Gasteiger partial charge in [0.15, 0.2) is 9.84 Å². The number of nitrogens with one attached hydrogen (secondary N) is 2. The molecule has 1 amide bonds. The molecule has 8 heteroatoms. The van der Waals surface area contributed by atoms with Gasteiger partial charge in [-0.05, 0) is 19.3 Å². The van der Waals surface area contributed by atoms with Gasteiger partial charge in [-0.15, -0.1) is 0 Å². The third-order valence-corrected chi connectivity index (χ3v) is 5.25. The summed E-state index contributed by atoms with van der Waals surface area (Å²) in [6, 6.07) is 0.289. The summed E-state index contributed by atoms with van der Waals surface area (Å²) in [5, 5.41) is 10.2.